The number of aryl methyl sites for hydroxylation is 1. The van der Waals surface area contributed by atoms with Crippen LogP contribution in [0.1, 0.15) is 60.3 Å². The SMILES string of the molecule is Cc1ccccc1-c1cc(C(=O)N2CCC[C@H]2c2cccnc2)c2cnn(C(C)C)c2n1. The molecule has 4 aromatic rings. The summed E-state index contributed by atoms with van der Waals surface area (Å²) in [5, 5.41) is 5.38. The molecule has 0 bridgehead atoms. The van der Waals surface area contributed by atoms with Crippen LogP contribution in [0.15, 0.2) is 61.1 Å². The van der Waals surface area contributed by atoms with Crippen molar-refractivity contribution < 1.29 is 4.79 Å². The van der Waals surface area contributed by atoms with Gasteiger partial charge in [0.2, 0.25) is 0 Å². The number of benzene rings is 1. The monoisotopic (exact) mass is 425 g/mol. The van der Waals surface area contributed by atoms with Crippen LogP contribution < -0.4 is 0 Å². The molecule has 1 atom stereocenters. The Bertz CT molecular complexity index is 1280. The third kappa shape index (κ3) is 3.45. The first-order valence-corrected chi connectivity index (χ1v) is 11.2. The highest BCUT2D eigenvalue weighted by Crippen LogP contribution is 2.35. The molecule has 1 amide bonds. The number of rotatable bonds is 4. The lowest BCUT2D eigenvalue weighted by atomic mass is 10.0. The van der Waals surface area contributed by atoms with Crippen molar-refractivity contribution in [3.63, 3.8) is 0 Å². The molecule has 6 heteroatoms. The second-order valence-electron chi connectivity index (χ2n) is 8.73. The smallest absolute Gasteiger partial charge is 0.255 e. The summed E-state index contributed by atoms with van der Waals surface area (Å²) in [6, 6.07) is 14.3. The molecule has 0 N–H and O–H groups in total. The molecule has 1 aliphatic rings. The summed E-state index contributed by atoms with van der Waals surface area (Å²) < 4.78 is 1.90. The van der Waals surface area contributed by atoms with Crippen LogP contribution in [0.3, 0.4) is 0 Å². The van der Waals surface area contributed by atoms with Gasteiger partial charge in [-0.25, -0.2) is 9.67 Å². The average Bonchev–Trinajstić information content (AvgIpc) is 3.46. The number of carbonyl (C=O) groups is 1. The Morgan fingerprint density at radius 3 is 2.72 bits per heavy atom. The predicted molar refractivity (Wildman–Crippen MR) is 125 cm³/mol. The first-order chi connectivity index (χ1) is 15.5. The van der Waals surface area contributed by atoms with E-state index >= 15 is 0 Å². The van der Waals surface area contributed by atoms with E-state index < -0.39 is 0 Å². The number of likely N-dealkylation sites (tertiary alicyclic amines) is 1. The summed E-state index contributed by atoms with van der Waals surface area (Å²) in [6.45, 7) is 6.96. The van der Waals surface area contributed by atoms with Crippen molar-refractivity contribution in [1.82, 2.24) is 24.6 Å². The van der Waals surface area contributed by atoms with Crippen molar-refractivity contribution in [3.8, 4) is 11.3 Å². The zero-order valence-corrected chi connectivity index (χ0v) is 18.7. The fourth-order valence-corrected chi connectivity index (χ4v) is 4.66. The van der Waals surface area contributed by atoms with Crippen molar-refractivity contribution in [2.75, 3.05) is 6.54 Å². The van der Waals surface area contributed by atoms with Crippen molar-refractivity contribution in [2.24, 2.45) is 0 Å². The van der Waals surface area contributed by atoms with E-state index in [4.69, 9.17) is 4.98 Å². The van der Waals surface area contributed by atoms with Gasteiger partial charge in [-0.2, -0.15) is 5.10 Å². The minimum Gasteiger partial charge on any atom is -0.332 e. The van der Waals surface area contributed by atoms with Gasteiger partial charge in [0.1, 0.15) is 0 Å². The Balaban J connectivity index is 1.66. The molecule has 0 aliphatic carbocycles. The molecular formula is C26H27N5O. The van der Waals surface area contributed by atoms with Crippen molar-refractivity contribution in [2.45, 2.75) is 45.7 Å². The van der Waals surface area contributed by atoms with Gasteiger partial charge in [-0.05, 0) is 56.9 Å². The van der Waals surface area contributed by atoms with E-state index in [1.807, 2.05) is 40.0 Å². The Labute approximate surface area is 187 Å². The zero-order valence-electron chi connectivity index (χ0n) is 18.7. The largest absolute Gasteiger partial charge is 0.332 e. The number of fused-ring (bicyclic) bond motifs is 1. The van der Waals surface area contributed by atoms with E-state index in [-0.39, 0.29) is 18.0 Å². The second kappa shape index (κ2) is 8.19. The normalized spacial score (nSPS) is 16.2. The van der Waals surface area contributed by atoms with Crippen LogP contribution in [0.25, 0.3) is 22.3 Å². The third-order valence-electron chi connectivity index (χ3n) is 6.29. The highest BCUT2D eigenvalue weighted by Gasteiger charge is 2.32. The number of amides is 1. The Morgan fingerprint density at radius 1 is 1.12 bits per heavy atom. The maximum absolute atomic E-state index is 13.9. The Hall–Kier alpha value is -3.54. The molecule has 1 aromatic carbocycles. The molecule has 1 fully saturated rings. The third-order valence-corrected chi connectivity index (χ3v) is 6.29. The van der Waals surface area contributed by atoms with E-state index in [2.05, 4.69) is 49.1 Å². The lowest BCUT2D eigenvalue weighted by molar-refractivity contribution is 0.0737. The van der Waals surface area contributed by atoms with Crippen LogP contribution in [0, 0.1) is 6.92 Å². The summed E-state index contributed by atoms with van der Waals surface area (Å²) in [5.74, 6) is 0.0295. The van der Waals surface area contributed by atoms with Gasteiger partial charge >= 0.3 is 0 Å². The molecule has 5 rings (SSSR count). The van der Waals surface area contributed by atoms with Gasteiger partial charge in [-0.15, -0.1) is 0 Å². The summed E-state index contributed by atoms with van der Waals surface area (Å²) in [4.78, 5) is 25.1. The standard InChI is InChI=1S/C26H27N5O/c1-17(2)31-25-22(16-28-31)21(14-23(29-25)20-10-5-4-8-18(20)3)26(32)30-13-7-11-24(30)19-9-6-12-27-15-19/h4-6,8-10,12,14-17,24H,7,11,13H2,1-3H3/t24-/m0/s1. The van der Waals surface area contributed by atoms with Crippen LogP contribution in [0.5, 0.6) is 0 Å². The van der Waals surface area contributed by atoms with Gasteiger partial charge in [-0.3, -0.25) is 9.78 Å². The fraction of sp³-hybridized carbons (Fsp3) is 0.308. The molecule has 0 unspecified atom stereocenters. The minimum atomic E-state index is 0.0295. The van der Waals surface area contributed by atoms with Crippen LogP contribution in [0.4, 0.5) is 0 Å². The first kappa shape index (κ1) is 20.4. The second-order valence-corrected chi connectivity index (χ2v) is 8.73. The Kier molecular flexibility index (Phi) is 5.21. The van der Waals surface area contributed by atoms with Gasteiger partial charge in [0.25, 0.3) is 5.91 Å². The molecule has 4 heterocycles. The first-order valence-electron chi connectivity index (χ1n) is 11.2. The van der Waals surface area contributed by atoms with E-state index in [1.54, 1.807) is 12.4 Å². The molecule has 1 saturated heterocycles. The van der Waals surface area contributed by atoms with Crippen molar-refractivity contribution >= 4 is 16.9 Å². The number of carbonyl (C=O) groups excluding carboxylic acids is 1. The van der Waals surface area contributed by atoms with Gasteiger partial charge in [0, 0.05) is 30.5 Å². The van der Waals surface area contributed by atoms with E-state index in [9.17, 15) is 4.79 Å². The molecule has 1 aliphatic heterocycles. The quantitative estimate of drug-likeness (QED) is 0.442. The molecule has 3 aromatic heterocycles. The van der Waals surface area contributed by atoms with E-state index in [0.29, 0.717) is 5.56 Å². The number of aromatic nitrogens is 4. The van der Waals surface area contributed by atoms with Gasteiger partial charge in [0.15, 0.2) is 5.65 Å². The number of nitrogens with zero attached hydrogens (tertiary/aromatic N) is 5. The van der Waals surface area contributed by atoms with Crippen molar-refractivity contribution in [1.29, 1.82) is 0 Å². The maximum Gasteiger partial charge on any atom is 0.255 e. The molecule has 32 heavy (non-hydrogen) atoms. The molecule has 0 spiro atoms. The fourth-order valence-electron chi connectivity index (χ4n) is 4.66. The lowest BCUT2D eigenvalue weighted by Crippen LogP contribution is -2.30. The Morgan fingerprint density at radius 2 is 1.97 bits per heavy atom. The topological polar surface area (TPSA) is 63.9 Å². The summed E-state index contributed by atoms with van der Waals surface area (Å²) in [6.07, 6.45) is 7.35. The average molecular weight is 426 g/mol. The molecule has 0 radical (unpaired) electrons. The highest BCUT2D eigenvalue weighted by atomic mass is 16.2. The lowest BCUT2D eigenvalue weighted by Gasteiger charge is -2.25. The molecule has 162 valence electrons. The highest BCUT2D eigenvalue weighted by molar-refractivity contribution is 6.06. The molecule has 0 saturated carbocycles. The van der Waals surface area contributed by atoms with Crippen LogP contribution >= 0.6 is 0 Å². The summed E-state index contributed by atoms with van der Waals surface area (Å²) in [5.41, 5.74) is 5.46. The van der Waals surface area contributed by atoms with Crippen LogP contribution in [-0.4, -0.2) is 37.1 Å². The molecular weight excluding hydrogens is 398 g/mol. The predicted octanol–water partition coefficient (Wildman–Crippen LogP) is 5.36. The van der Waals surface area contributed by atoms with E-state index in [1.165, 1.54) is 0 Å². The van der Waals surface area contributed by atoms with Gasteiger partial charge < -0.3 is 4.90 Å². The van der Waals surface area contributed by atoms with Gasteiger partial charge in [-0.1, -0.05) is 30.3 Å². The molecule has 6 nitrogen and oxygen atoms in total. The van der Waals surface area contributed by atoms with Crippen LogP contribution in [0.2, 0.25) is 0 Å². The van der Waals surface area contributed by atoms with E-state index in [0.717, 1.165) is 52.8 Å². The summed E-state index contributed by atoms with van der Waals surface area (Å²) >= 11 is 0. The number of hydrogen-bond donors (Lipinski definition) is 0. The summed E-state index contributed by atoms with van der Waals surface area (Å²) in [7, 11) is 0. The zero-order chi connectivity index (χ0) is 22.2. The maximum atomic E-state index is 13.9. The number of pyridine rings is 2. The number of hydrogen-bond acceptors (Lipinski definition) is 4. The van der Waals surface area contributed by atoms with Gasteiger partial charge in [0.05, 0.1) is 28.9 Å². The van der Waals surface area contributed by atoms with Crippen molar-refractivity contribution in [3.05, 3.63) is 77.7 Å². The minimum absolute atomic E-state index is 0.0295. The van der Waals surface area contributed by atoms with Crippen LogP contribution in [-0.2, 0) is 0 Å².